The smallest absolute Gasteiger partial charge is 0.191 e. The number of benzene rings is 1. The molecule has 0 aromatic heterocycles. The van der Waals surface area contributed by atoms with Crippen LogP contribution in [-0.2, 0) is 9.84 Å². The third-order valence-electron chi connectivity index (χ3n) is 3.02. The highest BCUT2D eigenvalue weighted by Crippen LogP contribution is 2.07. The second-order valence-electron chi connectivity index (χ2n) is 5.39. The predicted molar refractivity (Wildman–Crippen MR) is 110 cm³/mol. The monoisotopic (exact) mass is 469 g/mol. The number of halogens is 1. The van der Waals surface area contributed by atoms with Gasteiger partial charge < -0.3 is 15.4 Å². The summed E-state index contributed by atoms with van der Waals surface area (Å²) in [5.41, 5.74) is 0. The minimum Gasteiger partial charge on any atom is -0.492 e. The first-order valence-electron chi connectivity index (χ1n) is 7.81. The molecule has 1 rings (SSSR count). The molecular weight excluding hydrogens is 441 g/mol. The van der Waals surface area contributed by atoms with E-state index in [1.54, 1.807) is 0 Å². The lowest BCUT2D eigenvalue weighted by atomic mass is 10.3. The molecule has 0 radical (unpaired) electrons. The van der Waals surface area contributed by atoms with Crippen molar-refractivity contribution in [3.63, 3.8) is 0 Å². The van der Waals surface area contributed by atoms with Crippen LogP contribution >= 0.6 is 24.0 Å². The lowest BCUT2D eigenvalue weighted by Gasteiger charge is -2.17. The first kappa shape index (κ1) is 23.0. The molecule has 6 nitrogen and oxygen atoms in total. The van der Waals surface area contributed by atoms with E-state index in [1.165, 1.54) is 6.26 Å². The molecule has 1 aromatic carbocycles. The zero-order valence-corrected chi connectivity index (χ0v) is 17.6. The highest BCUT2D eigenvalue weighted by atomic mass is 127. The molecule has 1 unspecified atom stereocenters. The Kier molecular flexibility index (Phi) is 11.8. The summed E-state index contributed by atoms with van der Waals surface area (Å²) in [6.07, 6.45) is 1.80. The van der Waals surface area contributed by atoms with Crippen LogP contribution in [0.3, 0.4) is 0 Å². The van der Waals surface area contributed by atoms with Crippen LogP contribution < -0.4 is 15.4 Å². The van der Waals surface area contributed by atoms with Gasteiger partial charge in [-0.3, -0.25) is 0 Å². The number of guanidine groups is 1. The van der Waals surface area contributed by atoms with E-state index in [9.17, 15) is 8.42 Å². The fraction of sp³-hybridized carbons (Fsp3) is 0.562. The van der Waals surface area contributed by atoms with E-state index >= 15 is 0 Å². The third-order valence-corrected chi connectivity index (χ3v) is 4.00. The molecule has 0 aliphatic rings. The molecule has 0 fully saturated rings. The van der Waals surface area contributed by atoms with Gasteiger partial charge in [-0.15, -0.1) is 24.0 Å². The lowest BCUT2D eigenvalue weighted by molar-refractivity contribution is 0.328. The van der Waals surface area contributed by atoms with E-state index in [-0.39, 0.29) is 35.8 Å². The molecule has 8 heteroatoms. The number of ether oxygens (including phenoxy) is 1. The maximum Gasteiger partial charge on any atom is 0.191 e. The quantitative estimate of drug-likeness (QED) is 0.251. The topological polar surface area (TPSA) is 79.8 Å². The summed E-state index contributed by atoms with van der Waals surface area (Å²) in [6, 6.07) is 9.62. The highest BCUT2D eigenvalue weighted by molar-refractivity contribution is 14.0. The van der Waals surface area contributed by atoms with Gasteiger partial charge in [0.1, 0.15) is 22.2 Å². The van der Waals surface area contributed by atoms with Crippen molar-refractivity contribution in [2.45, 2.75) is 26.3 Å². The molecule has 0 bridgehead atoms. The molecule has 2 N–H and O–H groups in total. The van der Waals surface area contributed by atoms with Gasteiger partial charge >= 0.3 is 0 Å². The van der Waals surface area contributed by atoms with Crippen molar-refractivity contribution >= 4 is 39.8 Å². The zero-order valence-electron chi connectivity index (χ0n) is 14.5. The molecule has 1 aromatic rings. The van der Waals surface area contributed by atoms with E-state index in [0.717, 1.165) is 12.3 Å². The number of hydrogen-bond acceptors (Lipinski definition) is 4. The van der Waals surface area contributed by atoms with E-state index in [4.69, 9.17) is 4.74 Å². The molecular formula is C16H28IN3O3S. The Morgan fingerprint density at radius 1 is 1.29 bits per heavy atom. The summed E-state index contributed by atoms with van der Waals surface area (Å²) in [7, 11) is -2.94. The number of nitrogens with one attached hydrogen (secondary N) is 2. The summed E-state index contributed by atoms with van der Waals surface area (Å²) >= 11 is 0. The summed E-state index contributed by atoms with van der Waals surface area (Å²) < 4.78 is 28.0. The molecule has 0 aliphatic carbocycles. The Morgan fingerprint density at radius 3 is 2.54 bits per heavy atom. The Bertz CT molecular complexity index is 579. The largest absolute Gasteiger partial charge is 0.492 e. The van der Waals surface area contributed by atoms with Gasteiger partial charge in [0.25, 0.3) is 0 Å². The second-order valence-corrected chi connectivity index (χ2v) is 7.65. The van der Waals surface area contributed by atoms with Gasteiger partial charge in [0.2, 0.25) is 0 Å². The number of rotatable bonds is 9. The molecule has 0 saturated heterocycles. The van der Waals surface area contributed by atoms with Crippen LogP contribution in [0.15, 0.2) is 35.3 Å². The number of sulfone groups is 1. The molecule has 0 heterocycles. The predicted octanol–water partition coefficient (Wildman–Crippen LogP) is 2.06. The zero-order chi connectivity index (χ0) is 17.1. The average Bonchev–Trinajstić information content (AvgIpc) is 2.50. The first-order valence-corrected chi connectivity index (χ1v) is 9.87. The number of para-hydroxylation sites is 1. The van der Waals surface area contributed by atoms with E-state index in [1.807, 2.05) is 44.2 Å². The molecule has 0 spiro atoms. The summed E-state index contributed by atoms with van der Waals surface area (Å²) in [5.74, 6) is 1.66. The second kappa shape index (κ2) is 12.3. The van der Waals surface area contributed by atoms with Crippen molar-refractivity contribution in [1.29, 1.82) is 0 Å². The average molecular weight is 469 g/mol. The standard InChI is InChI=1S/C16H27N3O3S.HI/c1-4-17-16(19-14(2)10-13-23(3,20)21)18-11-12-22-15-8-6-5-7-9-15;/h5-9,14H,4,10-13H2,1-3H3,(H2,17,18,19);1H. The van der Waals surface area contributed by atoms with Gasteiger partial charge in [-0.05, 0) is 32.4 Å². The van der Waals surface area contributed by atoms with Crippen LogP contribution in [0.5, 0.6) is 5.75 Å². The van der Waals surface area contributed by atoms with Crippen molar-refractivity contribution in [3.8, 4) is 5.75 Å². The highest BCUT2D eigenvalue weighted by Gasteiger charge is 2.09. The minimum absolute atomic E-state index is 0. The van der Waals surface area contributed by atoms with Gasteiger partial charge in [-0.2, -0.15) is 0 Å². The molecule has 24 heavy (non-hydrogen) atoms. The number of nitrogens with zero attached hydrogens (tertiary/aromatic N) is 1. The Balaban J connectivity index is 0.00000529. The van der Waals surface area contributed by atoms with Gasteiger partial charge in [0, 0.05) is 18.8 Å². The van der Waals surface area contributed by atoms with Crippen LogP contribution in [0.25, 0.3) is 0 Å². The van der Waals surface area contributed by atoms with Gasteiger partial charge in [0.15, 0.2) is 5.96 Å². The first-order chi connectivity index (χ1) is 10.9. The Morgan fingerprint density at radius 2 is 1.96 bits per heavy atom. The van der Waals surface area contributed by atoms with Crippen LogP contribution in [0.1, 0.15) is 20.3 Å². The molecule has 1 atom stereocenters. The van der Waals surface area contributed by atoms with Gasteiger partial charge in [-0.1, -0.05) is 18.2 Å². The molecule has 138 valence electrons. The summed E-state index contributed by atoms with van der Waals surface area (Å²) in [4.78, 5) is 4.43. The van der Waals surface area contributed by atoms with E-state index < -0.39 is 9.84 Å². The maximum absolute atomic E-state index is 11.2. The summed E-state index contributed by atoms with van der Waals surface area (Å²) in [5, 5.41) is 6.35. The van der Waals surface area contributed by atoms with E-state index in [2.05, 4.69) is 15.6 Å². The van der Waals surface area contributed by atoms with Crippen molar-refractivity contribution in [2.75, 3.05) is 31.7 Å². The normalized spacial score (nSPS) is 12.9. The van der Waals surface area contributed by atoms with Crippen molar-refractivity contribution in [1.82, 2.24) is 10.6 Å². The molecule has 0 aliphatic heterocycles. The maximum atomic E-state index is 11.2. The number of hydrogen-bond donors (Lipinski definition) is 2. The van der Waals surface area contributed by atoms with Gasteiger partial charge in [-0.25, -0.2) is 13.4 Å². The summed E-state index contributed by atoms with van der Waals surface area (Å²) in [6.45, 7) is 5.67. The Hall–Kier alpha value is -1.03. The third kappa shape index (κ3) is 11.5. The lowest BCUT2D eigenvalue weighted by Crippen LogP contribution is -2.43. The van der Waals surface area contributed by atoms with Crippen molar-refractivity contribution in [2.24, 2.45) is 4.99 Å². The van der Waals surface area contributed by atoms with Gasteiger partial charge in [0.05, 0.1) is 12.3 Å². The molecule has 0 amide bonds. The van der Waals surface area contributed by atoms with Crippen LogP contribution in [0.2, 0.25) is 0 Å². The minimum atomic E-state index is -2.94. The fourth-order valence-corrected chi connectivity index (χ4v) is 2.64. The van der Waals surface area contributed by atoms with E-state index in [0.29, 0.717) is 25.5 Å². The number of aliphatic imine (C=N–C) groups is 1. The molecule has 0 saturated carbocycles. The SMILES string of the molecule is CCNC(=NCCOc1ccccc1)NC(C)CCS(C)(=O)=O.I. The van der Waals surface area contributed by atoms with Crippen molar-refractivity contribution < 1.29 is 13.2 Å². The Labute approximate surface area is 162 Å². The van der Waals surface area contributed by atoms with Crippen LogP contribution in [0, 0.1) is 0 Å². The van der Waals surface area contributed by atoms with Crippen LogP contribution in [-0.4, -0.2) is 52.1 Å². The van der Waals surface area contributed by atoms with Crippen LogP contribution in [0.4, 0.5) is 0 Å². The van der Waals surface area contributed by atoms with Crippen molar-refractivity contribution in [3.05, 3.63) is 30.3 Å². The fourth-order valence-electron chi connectivity index (χ4n) is 1.85.